The molecule has 0 saturated carbocycles. The van der Waals surface area contributed by atoms with Gasteiger partial charge >= 0.3 is 0 Å². The molecule has 88 valence electrons. The molecule has 1 aromatic carbocycles. The molecule has 5 heteroatoms. The number of hydrogen-bond donors (Lipinski definition) is 2. The fourth-order valence-corrected chi connectivity index (χ4v) is 2.79. The molecular formula is C12H11BrN2OS. The van der Waals surface area contributed by atoms with Crippen LogP contribution in [0.2, 0.25) is 0 Å². The molecule has 2 rings (SSSR count). The second-order valence-corrected chi connectivity index (χ2v) is 5.45. The third kappa shape index (κ3) is 3.31. The van der Waals surface area contributed by atoms with E-state index in [9.17, 15) is 4.79 Å². The molecule has 1 heterocycles. The first kappa shape index (κ1) is 12.1. The van der Waals surface area contributed by atoms with Crippen LogP contribution in [0.25, 0.3) is 0 Å². The van der Waals surface area contributed by atoms with Gasteiger partial charge in [-0.05, 0) is 40.2 Å². The Hall–Kier alpha value is -1.33. The molecule has 0 spiro atoms. The summed E-state index contributed by atoms with van der Waals surface area (Å²) in [6.07, 6.45) is 0. The van der Waals surface area contributed by atoms with E-state index in [4.69, 9.17) is 5.73 Å². The highest BCUT2D eigenvalue weighted by Crippen LogP contribution is 2.19. The van der Waals surface area contributed by atoms with Gasteiger partial charge in [0.25, 0.3) is 5.91 Å². The van der Waals surface area contributed by atoms with E-state index in [1.165, 1.54) is 0 Å². The van der Waals surface area contributed by atoms with Crippen molar-refractivity contribution in [1.82, 2.24) is 5.32 Å². The van der Waals surface area contributed by atoms with E-state index in [0.717, 1.165) is 9.35 Å². The highest BCUT2D eigenvalue weighted by atomic mass is 79.9. The Labute approximate surface area is 112 Å². The molecule has 17 heavy (non-hydrogen) atoms. The van der Waals surface area contributed by atoms with Crippen LogP contribution in [0.4, 0.5) is 5.69 Å². The molecule has 0 aliphatic rings. The van der Waals surface area contributed by atoms with Crippen LogP contribution in [0, 0.1) is 0 Å². The van der Waals surface area contributed by atoms with Crippen molar-refractivity contribution in [3.8, 4) is 0 Å². The summed E-state index contributed by atoms with van der Waals surface area (Å²) in [7, 11) is 0. The van der Waals surface area contributed by atoms with Gasteiger partial charge in [-0.1, -0.05) is 6.07 Å². The lowest BCUT2D eigenvalue weighted by atomic mass is 10.2. The predicted octanol–water partition coefficient (Wildman–Crippen LogP) is 3.02. The van der Waals surface area contributed by atoms with Crippen LogP contribution in [-0.4, -0.2) is 5.91 Å². The Morgan fingerprint density at radius 3 is 2.88 bits per heavy atom. The van der Waals surface area contributed by atoms with Crippen LogP contribution in [0.3, 0.4) is 0 Å². The first-order chi connectivity index (χ1) is 8.15. The van der Waals surface area contributed by atoms with Gasteiger partial charge in [-0.15, -0.1) is 11.3 Å². The van der Waals surface area contributed by atoms with Crippen LogP contribution in [-0.2, 0) is 6.54 Å². The number of carbonyl (C=O) groups is 1. The normalized spacial score (nSPS) is 10.2. The van der Waals surface area contributed by atoms with Gasteiger partial charge in [0.2, 0.25) is 0 Å². The van der Waals surface area contributed by atoms with Crippen molar-refractivity contribution in [2.45, 2.75) is 6.54 Å². The molecule has 0 aliphatic heterocycles. The number of nitrogens with one attached hydrogen (secondary N) is 1. The minimum atomic E-state index is -0.109. The van der Waals surface area contributed by atoms with Gasteiger partial charge in [-0.3, -0.25) is 4.79 Å². The number of nitrogens with two attached hydrogens (primary N) is 1. The average molecular weight is 311 g/mol. The Morgan fingerprint density at radius 2 is 2.24 bits per heavy atom. The van der Waals surface area contributed by atoms with Crippen molar-refractivity contribution in [2.24, 2.45) is 0 Å². The monoisotopic (exact) mass is 310 g/mol. The summed E-state index contributed by atoms with van der Waals surface area (Å²) in [5.41, 5.74) is 6.80. The number of rotatable bonds is 3. The van der Waals surface area contributed by atoms with E-state index in [0.29, 0.717) is 17.8 Å². The molecule has 0 unspecified atom stereocenters. The fourth-order valence-electron chi connectivity index (χ4n) is 1.40. The van der Waals surface area contributed by atoms with Crippen LogP contribution in [0.1, 0.15) is 15.2 Å². The zero-order valence-electron chi connectivity index (χ0n) is 8.94. The summed E-state index contributed by atoms with van der Waals surface area (Å²) in [5.74, 6) is -0.109. The molecule has 2 aromatic rings. The number of nitrogen functional groups attached to an aromatic ring is 1. The van der Waals surface area contributed by atoms with Gasteiger partial charge in [-0.2, -0.15) is 0 Å². The Bertz CT molecular complexity index is 539. The minimum absolute atomic E-state index is 0.109. The Morgan fingerprint density at radius 1 is 1.41 bits per heavy atom. The van der Waals surface area contributed by atoms with Gasteiger partial charge in [0.1, 0.15) is 0 Å². The highest BCUT2D eigenvalue weighted by molar-refractivity contribution is 9.10. The zero-order chi connectivity index (χ0) is 12.3. The van der Waals surface area contributed by atoms with E-state index in [2.05, 4.69) is 21.2 Å². The number of thiophene rings is 1. The Kier molecular flexibility index (Phi) is 3.81. The molecule has 3 N–H and O–H groups in total. The standard InChI is InChI=1S/C12H11BrN2OS/c13-9-5-11(17-7-9)6-15-12(16)8-2-1-3-10(14)4-8/h1-5,7H,6,14H2,(H,15,16). The third-order valence-electron chi connectivity index (χ3n) is 2.19. The maximum absolute atomic E-state index is 11.8. The first-order valence-electron chi connectivity index (χ1n) is 5.02. The molecular weight excluding hydrogens is 300 g/mol. The Balaban J connectivity index is 1.98. The lowest BCUT2D eigenvalue weighted by molar-refractivity contribution is 0.0951. The summed E-state index contributed by atoms with van der Waals surface area (Å²) < 4.78 is 1.04. The first-order valence-corrected chi connectivity index (χ1v) is 6.69. The molecule has 0 aliphatic carbocycles. The summed E-state index contributed by atoms with van der Waals surface area (Å²) in [5, 5.41) is 4.84. The summed E-state index contributed by atoms with van der Waals surface area (Å²) >= 11 is 4.98. The van der Waals surface area contributed by atoms with Crippen molar-refractivity contribution < 1.29 is 4.79 Å². The van der Waals surface area contributed by atoms with Crippen LogP contribution >= 0.6 is 27.3 Å². The third-order valence-corrected chi connectivity index (χ3v) is 3.89. The van der Waals surface area contributed by atoms with Crippen molar-refractivity contribution in [1.29, 1.82) is 0 Å². The molecule has 1 amide bonds. The van der Waals surface area contributed by atoms with Crippen molar-refractivity contribution in [3.05, 3.63) is 50.6 Å². The number of halogens is 1. The summed E-state index contributed by atoms with van der Waals surface area (Å²) in [6.45, 7) is 0.532. The second-order valence-electron chi connectivity index (χ2n) is 3.54. The maximum atomic E-state index is 11.8. The van der Waals surface area contributed by atoms with Crippen LogP contribution < -0.4 is 11.1 Å². The van der Waals surface area contributed by atoms with Crippen molar-refractivity contribution in [2.75, 3.05) is 5.73 Å². The van der Waals surface area contributed by atoms with Crippen molar-refractivity contribution in [3.63, 3.8) is 0 Å². The van der Waals surface area contributed by atoms with Gasteiger partial charge in [0.15, 0.2) is 0 Å². The van der Waals surface area contributed by atoms with Gasteiger partial charge in [-0.25, -0.2) is 0 Å². The average Bonchev–Trinajstić information content (AvgIpc) is 2.72. The molecule has 0 saturated heterocycles. The molecule has 0 radical (unpaired) electrons. The lowest BCUT2D eigenvalue weighted by Crippen LogP contribution is -2.22. The number of amides is 1. The van der Waals surface area contributed by atoms with E-state index in [-0.39, 0.29) is 5.91 Å². The topological polar surface area (TPSA) is 55.1 Å². The fraction of sp³-hybridized carbons (Fsp3) is 0.0833. The summed E-state index contributed by atoms with van der Waals surface area (Å²) in [4.78, 5) is 12.9. The minimum Gasteiger partial charge on any atom is -0.399 e. The van der Waals surface area contributed by atoms with Crippen LogP contribution in [0.15, 0.2) is 40.2 Å². The van der Waals surface area contributed by atoms with E-state index < -0.39 is 0 Å². The molecule has 0 atom stereocenters. The maximum Gasteiger partial charge on any atom is 0.251 e. The SMILES string of the molecule is Nc1cccc(C(=O)NCc2cc(Br)cs2)c1. The second kappa shape index (κ2) is 5.33. The highest BCUT2D eigenvalue weighted by Gasteiger charge is 2.05. The van der Waals surface area contributed by atoms with Gasteiger partial charge < -0.3 is 11.1 Å². The molecule has 3 nitrogen and oxygen atoms in total. The van der Waals surface area contributed by atoms with Gasteiger partial charge in [0, 0.05) is 26.0 Å². The number of benzene rings is 1. The quantitative estimate of drug-likeness (QED) is 0.856. The smallest absolute Gasteiger partial charge is 0.251 e. The van der Waals surface area contributed by atoms with Crippen molar-refractivity contribution >= 4 is 38.9 Å². The summed E-state index contributed by atoms with van der Waals surface area (Å²) in [6, 6.07) is 8.93. The molecule has 0 bridgehead atoms. The van der Waals surface area contributed by atoms with E-state index in [1.807, 2.05) is 11.4 Å². The largest absolute Gasteiger partial charge is 0.399 e. The molecule has 1 aromatic heterocycles. The number of hydrogen-bond acceptors (Lipinski definition) is 3. The zero-order valence-corrected chi connectivity index (χ0v) is 11.3. The molecule has 0 fully saturated rings. The van der Waals surface area contributed by atoms with E-state index in [1.54, 1.807) is 35.6 Å². The number of carbonyl (C=O) groups excluding carboxylic acids is 1. The predicted molar refractivity (Wildman–Crippen MR) is 74.0 cm³/mol. The van der Waals surface area contributed by atoms with Crippen LogP contribution in [0.5, 0.6) is 0 Å². The van der Waals surface area contributed by atoms with Gasteiger partial charge in [0.05, 0.1) is 6.54 Å². The number of anilines is 1. The van der Waals surface area contributed by atoms with E-state index >= 15 is 0 Å². The lowest BCUT2D eigenvalue weighted by Gasteiger charge is -2.04.